The quantitative estimate of drug-likeness (QED) is 0.351. The standard InChI is InChI=1S/C12H15IN6O4/c1-14-8-4-9(18-12(13)17-8)19(3-16-4)11-6(21)5(20)7(23-11)10(22)15-2/h3,5-7,11,20-21H,1-2H3,(H,15,22)(H,14,17,18)/t5-,6+,7-,11+/m0/s1. The molecule has 1 fully saturated rings. The maximum Gasteiger partial charge on any atom is 0.251 e. The van der Waals surface area contributed by atoms with Gasteiger partial charge in [-0.25, -0.2) is 15.0 Å². The zero-order chi connectivity index (χ0) is 16.7. The zero-order valence-corrected chi connectivity index (χ0v) is 14.4. The average molecular weight is 434 g/mol. The van der Waals surface area contributed by atoms with Crippen molar-refractivity contribution in [1.82, 2.24) is 24.8 Å². The second-order valence-corrected chi connectivity index (χ2v) is 5.92. The summed E-state index contributed by atoms with van der Waals surface area (Å²) in [6.07, 6.45) is -3.35. The summed E-state index contributed by atoms with van der Waals surface area (Å²) >= 11 is 1.96. The predicted octanol–water partition coefficient (Wildman–Crippen LogP) is -1.16. The Bertz CT molecular complexity index is 752. The molecule has 1 saturated heterocycles. The fourth-order valence-electron chi connectivity index (χ4n) is 2.50. The lowest BCUT2D eigenvalue weighted by Crippen LogP contribution is -2.41. The summed E-state index contributed by atoms with van der Waals surface area (Å²) in [5.41, 5.74) is 0.934. The summed E-state index contributed by atoms with van der Waals surface area (Å²) in [4.78, 5) is 24.5. The van der Waals surface area contributed by atoms with Crippen molar-refractivity contribution >= 4 is 45.5 Å². The van der Waals surface area contributed by atoms with Gasteiger partial charge in [0.1, 0.15) is 12.2 Å². The van der Waals surface area contributed by atoms with E-state index < -0.39 is 30.4 Å². The van der Waals surface area contributed by atoms with Gasteiger partial charge in [0.05, 0.1) is 6.33 Å². The molecule has 0 aliphatic carbocycles. The van der Waals surface area contributed by atoms with Crippen LogP contribution in [0.3, 0.4) is 0 Å². The Morgan fingerprint density at radius 1 is 1.35 bits per heavy atom. The van der Waals surface area contributed by atoms with Crippen LogP contribution < -0.4 is 10.6 Å². The number of aromatic nitrogens is 4. The van der Waals surface area contributed by atoms with E-state index in [0.29, 0.717) is 20.8 Å². The summed E-state index contributed by atoms with van der Waals surface area (Å²) in [6, 6.07) is 0. The van der Waals surface area contributed by atoms with Crippen LogP contribution >= 0.6 is 22.6 Å². The topological polar surface area (TPSA) is 134 Å². The third-order valence-corrected chi connectivity index (χ3v) is 4.13. The highest BCUT2D eigenvalue weighted by molar-refractivity contribution is 14.1. The number of hydrogen-bond acceptors (Lipinski definition) is 8. The van der Waals surface area contributed by atoms with Crippen molar-refractivity contribution in [3.63, 3.8) is 0 Å². The number of ether oxygens (including phenoxy) is 1. The van der Waals surface area contributed by atoms with Gasteiger partial charge in [-0.1, -0.05) is 0 Å². The molecule has 3 heterocycles. The minimum atomic E-state index is -1.35. The SMILES string of the molecule is CNC(=O)[C@H]1O[C@@H](n2cnc3c(NC)nc(I)nc32)[C@H](O)[C@@H]1O. The number of fused-ring (bicyclic) bond motifs is 1. The lowest BCUT2D eigenvalue weighted by Gasteiger charge is -2.16. The molecular weight excluding hydrogens is 419 g/mol. The molecule has 11 heteroatoms. The number of amides is 1. The van der Waals surface area contributed by atoms with E-state index >= 15 is 0 Å². The fraction of sp³-hybridized carbons (Fsp3) is 0.500. The van der Waals surface area contributed by atoms with Gasteiger partial charge in [0, 0.05) is 36.7 Å². The third kappa shape index (κ3) is 2.62. The van der Waals surface area contributed by atoms with Crippen molar-refractivity contribution in [3.8, 4) is 0 Å². The number of carbonyl (C=O) groups excluding carboxylic acids is 1. The first kappa shape index (κ1) is 16.3. The van der Waals surface area contributed by atoms with Crippen molar-refractivity contribution in [1.29, 1.82) is 0 Å². The normalized spacial score (nSPS) is 27.3. The molecule has 10 nitrogen and oxygen atoms in total. The molecule has 0 saturated carbocycles. The van der Waals surface area contributed by atoms with Crippen LogP contribution in [-0.4, -0.2) is 68.0 Å². The second-order valence-electron chi connectivity index (χ2n) is 4.96. The molecular formula is C12H15IN6O4. The summed E-state index contributed by atoms with van der Waals surface area (Å²) in [5, 5.41) is 25.6. The fourth-order valence-corrected chi connectivity index (χ4v) is 2.97. The van der Waals surface area contributed by atoms with Crippen molar-refractivity contribution < 1.29 is 19.7 Å². The first-order valence-corrected chi connectivity index (χ1v) is 7.86. The molecule has 4 atom stereocenters. The van der Waals surface area contributed by atoms with E-state index in [0.717, 1.165) is 0 Å². The number of rotatable bonds is 3. The minimum absolute atomic E-state index is 0.433. The number of anilines is 1. The van der Waals surface area contributed by atoms with Gasteiger partial charge >= 0.3 is 0 Å². The highest BCUT2D eigenvalue weighted by Crippen LogP contribution is 2.32. The molecule has 0 spiro atoms. The van der Waals surface area contributed by atoms with Crippen LogP contribution in [0.4, 0.5) is 5.82 Å². The Kier molecular flexibility index (Phi) is 4.35. The summed E-state index contributed by atoms with van der Waals surface area (Å²) < 4.78 is 7.50. The minimum Gasteiger partial charge on any atom is -0.387 e. The molecule has 0 unspecified atom stereocenters. The number of halogens is 1. The van der Waals surface area contributed by atoms with Crippen LogP contribution in [0, 0.1) is 3.83 Å². The largest absolute Gasteiger partial charge is 0.387 e. The second kappa shape index (κ2) is 6.14. The summed E-state index contributed by atoms with van der Waals surface area (Å²) in [7, 11) is 3.14. The molecule has 124 valence electrons. The number of nitrogens with one attached hydrogen (secondary N) is 2. The van der Waals surface area contributed by atoms with E-state index in [4.69, 9.17) is 4.74 Å². The number of nitrogens with zero attached hydrogens (tertiary/aromatic N) is 4. The highest BCUT2D eigenvalue weighted by atomic mass is 127. The number of aliphatic hydroxyl groups is 2. The molecule has 2 aromatic rings. The van der Waals surface area contributed by atoms with Gasteiger partial charge in [-0.15, -0.1) is 0 Å². The Hall–Kier alpha value is -1.57. The van der Waals surface area contributed by atoms with E-state index in [9.17, 15) is 15.0 Å². The van der Waals surface area contributed by atoms with Gasteiger partial charge in [-0.2, -0.15) is 0 Å². The Morgan fingerprint density at radius 2 is 2.09 bits per heavy atom. The van der Waals surface area contributed by atoms with E-state index in [-0.39, 0.29) is 0 Å². The van der Waals surface area contributed by atoms with Crippen LogP contribution in [0.5, 0.6) is 0 Å². The van der Waals surface area contributed by atoms with Crippen molar-refractivity contribution in [2.75, 3.05) is 19.4 Å². The van der Waals surface area contributed by atoms with Crippen molar-refractivity contribution in [2.24, 2.45) is 0 Å². The van der Waals surface area contributed by atoms with Crippen LogP contribution in [0.1, 0.15) is 6.23 Å². The van der Waals surface area contributed by atoms with Crippen LogP contribution in [0.25, 0.3) is 11.2 Å². The molecule has 2 aromatic heterocycles. The number of likely N-dealkylation sites (N-methyl/N-ethyl adjacent to an activating group) is 1. The van der Waals surface area contributed by atoms with Crippen LogP contribution in [0.2, 0.25) is 0 Å². The number of hydrogen-bond donors (Lipinski definition) is 4. The lowest BCUT2D eigenvalue weighted by atomic mass is 10.1. The number of imidazole rings is 1. The Labute approximate surface area is 144 Å². The Morgan fingerprint density at radius 3 is 2.74 bits per heavy atom. The van der Waals surface area contributed by atoms with E-state index in [1.54, 1.807) is 7.05 Å². The van der Waals surface area contributed by atoms with Gasteiger partial charge in [0.15, 0.2) is 33.1 Å². The molecule has 1 amide bonds. The zero-order valence-electron chi connectivity index (χ0n) is 12.3. The smallest absolute Gasteiger partial charge is 0.251 e. The monoisotopic (exact) mass is 434 g/mol. The van der Waals surface area contributed by atoms with Gasteiger partial charge < -0.3 is 25.6 Å². The van der Waals surface area contributed by atoms with Gasteiger partial charge in [0.2, 0.25) is 0 Å². The van der Waals surface area contributed by atoms with Gasteiger partial charge in [-0.3, -0.25) is 9.36 Å². The molecule has 0 bridgehead atoms. The number of aliphatic hydroxyl groups excluding tert-OH is 2. The first-order valence-electron chi connectivity index (χ1n) is 6.79. The molecule has 23 heavy (non-hydrogen) atoms. The van der Waals surface area contributed by atoms with E-state index in [1.807, 2.05) is 22.6 Å². The maximum absolute atomic E-state index is 11.7. The van der Waals surface area contributed by atoms with Gasteiger partial charge in [0.25, 0.3) is 5.91 Å². The van der Waals surface area contributed by atoms with Crippen LogP contribution in [0.15, 0.2) is 6.33 Å². The number of carbonyl (C=O) groups is 1. The maximum atomic E-state index is 11.7. The van der Waals surface area contributed by atoms with Gasteiger partial charge in [-0.05, 0) is 0 Å². The molecule has 3 rings (SSSR count). The molecule has 0 aromatic carbocycles. The third-order valence-electron chi connectivity index (χ3n) is 3.65. The molecule has 4 N–H and O–H groups in total. The Balaban J connectivity index is 2.04. The lowest BCUT2D eigenvalue weighted by molar-refractivity contribution is -0.137. The molecule has 0 radical (unpaired) electrons. The summed E-state index contributed by atoms with van der Waals surface area (Å²) in [5.74, 6) is 0.0256. The van der Waals surface area contributed by atoms with Crippen molar-refractivity contribution in [3.05, 3.63) is 10.2 Å². The molecule has 1 aliphatic heterocycles. The predicted molar refractivity (Wildman–Crippen MR) is 87.6 cm³/mol. The van der Waals surface area contributed by atoms with Crippen molar-refractivity contribution in [2.45, 2.75) is 24.5 Å². The average Bonchev–Trinajstić information content (AvgIpc) is 3.08. The highest BCUT2D eigenvalue weighted by Gasteiger charge is 2.47. The molecule has 1 aliphatic rings. The summed E-state index contributed by atoms with van der Waals surface area (Å²) in [6.45, 7) is 0. The van der Waals surface area contributed by atoms with E-state index in [1.165, 1.54) is 17.9 Å². The van der Waals surface area contributed by atoms with Crippen LogP contribution in [-0.2, 0) is 9.53 Å². The van der Waals surface area contributed by atoms with E-state index in [2.05, 4.69) is 25.6 Å². The first-order chi connectivity index (χ1) is 11.0.